The van der Waals surface area contributed by atoms with Crippen molar-refractivity contribution in [1.29, 1.82) is 0 Å². The van der Waals surface area contributed by atoms with Crippen LogP contribution in [0.3, 0.4) is 0 Å². The molecule has 0 aromatic rings. The average molecular weight is 213 g/mol. The van der Waals surface area contributed by atoms with E-state index >= 15 is 0 Å². The summed E-state index contributed by atoms with van der Waals surface area (Å²) >= 11 is 0. The van der Waals surface area contributed by atoms with Crippen molar-refractivity contribution in [2.24, 2.45) is 11.8 Å². The highest BCUT2D eigenvalue weighted by molar-refractivity contribution is 4.78. The Balaban J connectivity index is 2.23. The smallest absolute Gasteiger partial charge is 0.0580 e. The van der Waals surface area contributed by atoms with Crippen LogP contribution in [0.5, 0.6) is 0 Å². The van der Waals surface area contributed by atoms with E-state index in [0.29, 0.717) is 12.0 Å². The van der Waals surface area contributed by atoms with Crippen LogP contribution in [-0.2, 0) is 0 Å². The van der Waals surface area contributed by atoms with Crippen LogP contribution in [0, 0.1) is 11.8 Å². The first-order chi connectivity index (χ1) is 7.15. The Labute approximate surface area is 94.5 Å². The van der Waals surface area contributed by atoms with Crippen LogP contribution in [-0.4, -0.2) is 23.8 Å². The normalized spacial score (nSPS) is 31.2. The molecular formula is C13H27NO. The van der Waals surface area contributed by atoms with Crippen molar-refractivity contribution in [3.63, 3.8) is 0 Å². The van der Waals surface area contributed by atoms with Crippen LogP contribution < -0.4 is 5.32 Å². The molecule has 0 spiro atoms. The molecule has 2 N–H and O–H groups in total. The van der Waals surface area contributed by atoms with Gasteiger partial charge >= 0.3 is 0 Å². The minimum atomic E-state index is -0.0598. The van der Waals surface area contributed by atoms with E-state index in [1.54, 1.807) is 0 Å². The zero-order valence-corrected chi connectivity index (χ0v) is 10.5. The molecule has 0 aliphatic heterocycles. The van der Waals surface area contributed by atoms with Gasteiger partial charge in [-0.1, -0.05) is 33.1 Å². The zero-order valence-electron chi connectivity index (χ0n) is 10.5. The maximum atomic E-state index is 9.84. The summed E-state index contributed by atoms with van der Waals surface area (Å²) in [5.41, 5.74) is 0. The van der Waals surface area contributed by atoms with E-state index in [1.807, 2.05) is 0 Å². The number of aliphatic hydroxyl groups excluding tert-OH is 1. The second-order valence-corrected chi connectivity index (χ2v) is 5.19. The molecule has 0 aromatic carbocycles. The Hall–Kier alpha value is -0.0800. The molecule has 0 heterocycles. The van der Waals surface area contributed by atoms with Gasteiger partial charge in [0.25, 0.3) is 0 Å². The lowest BCUT2D eigenvalue weighted by molar-refractivity contribution is 0.0673. The molecule has 2 heteroatoms. The molecule has 0 bridgehead atoms. The minimum Gasteiger partial charge on any atom is -0.393 e. The van der Waals surface area contributed by atoms with Gasteiger partial charge in [-0.05, 0) is 31.6 Å². The molecule has 0 saturated heterocycles. The van der Waals surface area contributed by atoms with E-state index in [4.69, 9.17) is 0 Å². The van der Waals surface area contributed by atoms with Gasteiger partial charge in [-0.3, -0.25) is 0 Å². The lowest BCUT2D eigenvalue weighted by Gasteiger charge is -2.30. The summed E-state index contributed by atoms with van der Waals surface area (Å²) in [7, 11) is 0. The minimum absolute atomic E-state index is 0.0598. The summed E-state index contributed by atoms with van der Waals surface area (Å²) < 4.78 is 0. The van der Waals surface area contributed by atoms with Crippen LogP contribution in [0.4, 0.5) is 0 Å². The highest BCUT2D eigenvalue weighted by atomic mass is 16.3. The quantitative estimate of drug-likeness (QED) is 0.735. The number of hydrogen-bond donors (Lipinski definition) is 2. The topological polar surface area (TPSA) is 32.3 Å². The molecule has 4 atom stereocenters. The molecule has 1 rings (SSSR count). The Morgan fingerprint density at radius 3 is 2.53 bits per heavy atom. The fourth-order valence-electron chi connectivity index (χ4n) is 2.32. The van der Waals surface area contributed by atoms with E-state index < -0.39 is 0 Å². The monoisotopic (exact) mass is 213 g/mol. The summed E-state index contributed by atoms with van der Waals surface area (Å²) in [6, 6.07) is 0.573. The predicted molar refractivity (Wildman–Crippen MR) is 64.9 cm³/mol. The van der Waals surface area contributed by atoms with Crippen molar-refractivity contribution in [3.8, 4) is 0 Å². The van der Waals surface area contributed by atoms with Gasteiger partial charge in [0.2, 0.25) is 0 Å². The van der Waals surface area contributed by atoms with E-state index in [1.165, 1.54) is 25.7 Å². The van der Waals surface area contributed by atoms with Gasteiger partial charge in [0.05, 0.1) is 6.10 Å². The Kier molecular flexibility index (Phi) is 5.62. The lowest BCUT2D eigenvalue weighted by Crippen LogP contribution is -2.40. The zero-order chi connectivity index (χ0) is 11.3. The van der Waals surface area contributed by atoms with Crippen molar-refractivity contribution in [2.75, 3.05) is 6.54 Å². The maximum Gasteiger partial charge on any atom is 0.0580 e. The van der Waals surface area contributed by atoms with Gasteiger partial charge in [0, 0.05) is 12.6 Å². The molecule has 1 saturated carbocycles. The van der Waals surface area contributed by atoms with Crippen LogP contribution >= 0.6 is 0 Å². The van der Waals surface area contributed by atoms with E-state index in [-0.39, 0.29) is 6.10 Å². The number of aliphatic hydroxyl groups is 1. The second-order valence-electron chi connectivity index (χ2n) is 5.19. The number of nitrogens with one attached hydrogen (secondary N) is 1. The van der Waals surface area contributed by atoms with Crippen LogP contribution in [0.25, 0.3) is 0 Å². The summed E-state index contributed by atoms with van der Waals surface area (Å²) in [4.78, 5) is 0. The summed E-state index contributed by atoms with van der Waals surface area (Å²) in [5.74, 6) is 1.22. The maximum absolute atomic E-state index is 9.84. The SMILES string of the molecule is CCC(C)C(C)NCC1CCCCC1O. The van der Waals surface area contributed by atoms with Crippen molar-refractivity contribution >= 4 is 0 Å². The summed E-state index contributed by atoms with van der Waals surface area (Å²) in [6.45, 7) is 7.77. The number of rotatable bonds is 5. The van der Waals surface area contributed by atoms with E-state index in [0.717, 1.165) is 18.9 Å². The second kappa shape index (κ2) is 6.49. The highest BCUT2D eigenvalue weighted by Crippen LogP contribution is 2.24. The Morgan fingerprint density at radius 1 is 1.27 bits per heavy atom. The average Bonchev–Trinajstić information content (AvgIpc) is 2.26. The molecule has 0 radical (unpaired) electrons. The van der Waals surface area contributed by atoms with Gasteiger partial charge in [0.1, 0.15) is 0 Å². The largest absolute Gasteiger partial charge is 0.393 e. The van der Waals surface area contributed by atoms with E-state index in [9.17, 15) is 5.11 Å². The third-order valence-corrected chi connectivity index (χ3v) is 4.07. The van der Waals surface area contributed by atoms with Crippen molar-refractivity contribution < 1.29 is 5.11 Å². The van der Waals surface area contributed by atoms with Gasteiger partial charge < -0.3 is 10.4 Å². The van der Waals surface area contributed by atoms with Gasteiger partial charge in [-0.15, -0.1) is 0 Å². The first kappa shape index (κ1) is 13.0. The van der Waals surface area contributed by atoms with Crippen molar-refractivity contribution in [1.82, 2.24) is 5.32 Å². The Morgan fingerprint density at radius 2 is 1.93 bits per heavy atom. The summed E-state index contributed by atoms with van der Waals surface area (Å²) in [5, 5.41) is 13.4. The molecule has 1 aliphatic rings. The number of hydrogen-bond acceptors (Lipinski definition) is 2. The van der Waals surface area contributed by atoms with Crippen LogP contribution in [0.15, 0.2) is 0 Å². The van der Waals surface area contributed by atoms with Crippen molar-refractivity contribution in [2.45, 2.75) is 65.0 Å². The molecular weight excluding hydrogens is 186 g/mol. The first-order valence-corrected chi connectivity index (χ1v) is 6.56. The molecule has 0 aromatic heterocycles. The Bertz CT molecular complexity index is 172. The fraction of sp³-hybridized carbons (Fsp3) is 1.00. The molecule has 1 aliphatic carbocycles. The lowest BCUT2D eigenvalue weighted by atomic mass is 9.86. The van der Waals surface area contributed by atoms with Gasteiger partial charge in [0.15, 0.2) is 0 Å². The molecule has 90 valence electrons. The van der Waals surface area contributed by atoms with Crippen LogP contribution in [0.2, 0.25) is 0 Å². The highest BCUT2D eigenvalue weighted by Gasteiger charge is 2.23. The molecule has 2 nitrogen and oxygen atoms in total. The van der Waals surface area contributed by atoms with Gasteiger partial charge in [-0.25, -0.2) is 0 Å². The summed E-state index contributed by atoms with van der Waals surface area (Å²) in [6.07, 6.45) is 5.86. The fourth-order valence-corrected chi connectivity index (χ4v) is 2.32. The molecule has 15 heavy (non-hydrogen) atoms. The van der Waals surface area contributed by atoms with Crippen molar-refractivity contribution in [3.05, 3.63) is 0 Å². The molecule has 4 unspecified atom stereocenters. The van der Waals surface area contributed by atoms with Gasteiger partial charge in [-0.2, -0.15) is 0 Å². The molecule has 0 amide bonds. The van der Waals surface area contributed by atoms with Crippen LogP contribution in [0.1, 0.15) is 52.9 Å². The standard InChI is InChI=1S/C13H27NO/c1-4-10(2)11(3)14-9-12-7-5-6-8-13(12)15/h10-15H,4-9H2,1-3H3. The third kappa shape index (κ3) is 4.12. The first-order valence-electron chi connectivity index (χ1n) is 6.56. The molecule has 1 fully saturated rings. The third-order valence-electron chi connectivity index (χ3n) is 4.07. The predicted octanol–water partition coefficient (Wildman–Crippen LogP) is 2.56. The van der Waals surface area contributed by atoms with E-state index in [2.05, 4.69) is 26.1 Å².